The first-order chi connectivity index (χ1) is 7.38. The van der Waals surface area contributed by atoms with Crippen molar-refractivity contribution in [3.8, 4) is 0 Å². The van der Waals surface area contributed by atoms with Gasteiger partial charge in [0.25, 0.3) is 0 Å². The van der Waals surface area contributed by atoms with E-state index in [0.29, 0.717) is 0 Å². The van der Waals surface area contributed by atoms with Crippen molar-refractivity contribution in [1.82, 2.24) is 15.4 Å². The number of nitrogens with zero attached hydrogens (tertiary/aromatic N) is 2. The van der Waals surface area contributed by atoms with Crippen LogP contribution in [0.5, 0.6) is 0 Å². The van der Waals surface area contributed by atoms with Crippen molar-refractivity contribution in [2.24, 2.45) is 5.84 Å². The van der Waals surface area contributed by atoms with Crippen LogP contribution in [0.1, 0.15) is 31.4 Å². The number of hydrogen-bond acceptors (Lipinski definition) is 5. The normalized spacial score (nSPS) is 12.7. The van der Waals surface area contributed by atoms with Crippen molar-refractivity contribution in [1.29, 1.82) is 0 Å². The van der Waals surface area contributed by atoms with Crippen LogP contribution < -0.4 is 11.3 Å². The Kier molecular flexibility index (Phi) is 5.84. The molecule has 0 fully saturated rings. The van der Waals surface area contributed by atoms with Gasteiger partial charge in [-0.2, -0.15) is 0 Å². The Morgan fingerprint density at radius 3 is 2.80 bits per heavy atom. The summed E-state index contributed by atoms with van der Waals surface area (Å²) in [4.78, 5) is 7.92. The van der Waals surface area contributed by atoms with E-state index in [0.717, 1.165) is 31.6 Å². The van der Waals surface area contributed by atoms with E-state index in [1.54, 1.807) is 12.4 Å². The van der Waals surface area contributed by atoms with Gasteiger partial charge in [0.1, 0.15) is 6.33 Å². The maximum atomic E-state index is 5.47. The van der Waals surface area contributed by atoms with Crippen LogP contribution in [-0.4, -0.2) is 23.2 Å². The first-order valence-corrected chi connectivity index (χ1v) is 5.17. The van der Waals surface area contributed by atoms with E-state index in [9.17, 15) is 0 Å². The van der Waals surface area contributed by atoms with Crippen LogP contribution in [0.3, 0.4) is 0 Å². The maximum absolute atomic E-state index is 5.47. The molecular formula is C10H18N4O. The summed E-state index contributed by atoms with van der Waals surface area (Å²) in [6.45, 7) is 3.52. The van der Waals surface area contributed by atoms with Crippen molar-refractivity contribution in [3.05, 3.63) is 24.3 Å². The van der Waals surface area contributed by atoms with Crippen molar-refractivity contribution in [2.75, 3.05) is 13.2 Å². The van der Waals surface area contributed by atoms with Crippen LogP contribution in [0.4, 0.5) is 0 Å². The molecule has 1 rings (SSSR count). The SMILES string of the molecule is CCOCCCC(NN)c1cncnc1. The van der Waals surface area contributed by atoms with Gasteiger partial charge in [-0.3, -0.25) is 11.3 Å². The lowest BCUT2D eigenvalue weighted by molar-refractivity contribution is 0.141. The van der Waals surface area contributed by atoms with E-state index in [2.05, 4.69) is 15.4 Å². The summed E-state index contributed by atoms with van der Waals surface area (Å²) < 4.78 is 5.26. The Balaban J connectivity index is 2.36. The minimum Gasteiger partial charge on any atom is -0.382 e. The molecule has 0 saturated carbocycles. The van der Waals surface area contributed by atoms with Crippen LogP contribution in [0.15, 0.2) is 18.7 Å². The third kappa shape index (κ3) is 4.33. The molecule has 1 heterocycles. The van der Waals surface area contributed by atoms with Gasteiger partial charge in [-0.05, 0) is 19.8 Å². The van der Waals surface area contributed by atoms with Gasteiger partial charge in [0, 0.05) is 37.2 Å². The van der Waals surface area contributed by atoms with Crippen molar-refractivity contribution in [2.45, 2.75) is 25.8 Å². The van der Waals surface area contributed by atoms with Gasteiger partial charge >= 0.3 is 0 Å². The van der Waals surface area contributed by atoms with Crippen LogP contribution in [-0.2, 0) is 4.74 Å². The molecule has 84 valence electrons. The summed E-state index contributed by atoms with van der Waals surface area (Å²) in [6, 6.07) is 0.103. The molecule has 1 atom stereocenters. The fourth-order valence-corrected chi connectivity index (χ4v) is 1.37. The van der Waals surface area contributed by atoms with Gasteiger partial charge in [-0.1, -0.05) is 0 Å². The van der Waals surface area contributed by atoms with Gasteiger partial charge < -0.3 is 4.74 Å². The summed E-state index contributed by atoms with van der Waals surface area (Å²) in [7, 11) is 0. The van der Waals surface area contributed by atoms with Crippen LogP contribution in [0.25, 0.3) is 0 Å². The second kappa shape index (κ2) is 7.28. The maximum Gasteiger partial charge on any atom is 0.115 e. The van der Waals surface area contributed by atoms with Gasteiger partial charge in [-0.25, -0.2) is 9.97 Å². The van der Waals surface area contributed by atoms with Gasteiger partial charge in [0.05, 0.1) is 0 Å². The van der Waals surface area contributed by atoms with Crippen molar-refractivity contribution in [3.63, 3.8) is 0 Å². The molecular weight excluding hydrogens is 192 g/mol. The molecule has 5 nitrogen and oxygen atoms in total. The lowest BCUT2D eigenvalue weighted by Crippen LogP contribution is -2.28. The summed E-state index contributed by atoms with van der Waals surface area (Å²) in [5, 5.41) is 0. The number of hydrogen-bond donors (Lipinski definition) is 2. The summed E-state index contributed by atoms with van der Waals surface area (Å²) >= 11 is 0. The standard InChI is InChI=1S/C10H18N4O/c1-2-15-5-3-4-10(14-11)9-6-12-8-13-7-9/h6-8,10,14H,2-5,11H2,1H3. The van der Waals surface area contributed by atoms with E-state index in [1.165, 1.54) is 6.33 Å². The predicted molar refractivity (Wildman–Crippen MR) is 57.8 cm³/mol. The molecule has 0 aromatic carbocycles. The molecule has 0 bridgehead atoms. The lowest BCUT2D eigenvalue weighted by atomic mass is 10.1. The Bertz CT molecular complexity index is 255. The molecule has 1 aromatic heterocycles. The average Bonchev–Trinajstić information content (AvgIpc) is 2.30. The highest BCUT2D eigenvalue weighted by Crippen LogP contribution is 2.15. The number of aromatic nitrogens is 2. The van der Waals surface area contributed by atoms with E-state index in [1.807, 2.05) is 6.92 Å². The molecule has 0 spiro atoms. The molecule has 0 radical (unpaired) electrons. The van der Waals surface area contributed by atoms with Crippen molar-refractivity contribution >= 4 is 0 Å². The highest BCUT2D eigenvalue weighted by molar-refractivity contribution is 5.08. The Labute approximate surface area is 90.0 Å². The number of ether oxygens (including phenoxy) is 1. The molecule has 5 heteroatoms. The molecule has 1 aromatic rings. The third-order valence-electron chi connectivity index (χ3n) is 2.17. The smallest absolute Gasteiger partial charge is 0.115 e. The number of nitrogens with one attached hydrogen (secondary N) is 1. The fourth-order valence-electron chi connectivity index (χ4n) is 1.37. The minimum absolute atomic E-state index is 0.103. The molecule has 3 N–H and O–H groups in total. The summed E-state index contributed by atoms with van der Waals surface area (Å²) in [6.07, 6.45) is 6.95. The average molecular weight is 210 g/mol. The number of hydrazine groups is 1. The van der Waals surface area contributed by atoms with Gasteiger partial charge in [0.15, 0.2) is 0 Å². The monoisotopic (exact) mass is 210 g/mol. The van der Waals surface area contributed by atoms with Gasteiger partial charge in [0.2, 0.25) is 0 Å². The van der Waals surface area contributed by atoms with Gasteiger partial charge in [-0.15, -0.1) is 0 Å². The minimum atomic E-state index is 0.103. The molecule has 1 unspecified atom stereocenters. The van der Waals surface area contributed by atoms with E-state index in [4.69, 9.17) is 10.6 Å². The van der Waals surface area contributed by atoms with Crippen LogP contribution in [0, 0.1) is 0 Å². The topological polar surface area (TPSA) is 73.1 Å². The second-order valence-electron chi connectivity index (χ2n) is 3.23. The quantitative estimate of drug-likeness (QED) is 0.395. The zero-order valence-corrected chi connectivity index (χ0v) is 9.02. The van der Waals surface area contributed by atoms with E-state index >= 15 is 0 Å². The zero-order chi connectivity index (χ0) is 10.9. The molecule has 15 heavy (non-hydrogen) atoms. The molecule has 0 aliphatic carbocycles. The zero-order valence-electron chi connectivity index (χ0n) is 9.02. The Hall–Kier alpha value is -1.04. The third-order valence-corrected chi connectivity index (χ3v) is 2.17. The second-order valence-corrected chi connectivity index (χ2v) is 3.23. The number of nitrogens with two attached hydrogens (primary N) is 1. The highest BCUT2D eigenvalue weighted by atomic mass is 16.5. The molecule has 0 aliphatic rings. The first-order valence-electron chi connectivity index (χ1n) is 5.17. The summed E-state index contributed by atoms with van der Waals surface area (Å²) in [5.41, 5.74) is 3.77. The Morgan fingerprint density at radius 1 is 1.47 bits per heavy atom. The lowest BCUT2D eigenvalue weighted by Gasteiger charge is -2.14. The van der Waals surface area contributed by atoms with Crippen LogP contribution >= 0.6 is 0 Å². The predicted octanol–water partition coefficient (Wildman–Crippen LogP) is 0.798. The highest BCUT2D eigenvalue weighted by Gasteiger charge is 2.09. The van der Waals surface area contributed by atoms with E-state index in [-0.39, 0.29) is 6.04 Å². The van der Waals surface area contributed by atoms with Crippen LogP contribution in [0.2, 0.25) is 0 Å². The first kappa shape index (κ1) is 12.0. The largest absolute Gasteiger partial charge is 0.382 e. The van der Waals surface area contributed by atoms with Crippen molar-refractivity contribution < 1.29 is 4.74 Å². The molecule has 0 aliphatic heterocycles. The fraction of sp³-hybridized carbons (Fsp3) is 0.600. The molecule has 0 saturated heterocycles. The molecule has 0 amide bonds. The summed E-state index contributed by atoms with van der Waals surface area (Å²) in [5.74, 6) is 5.47. The number of rotatable bonds is 7. The Morgan fingerprint density at radius 2 is 2.20 bits per heavy atom. The van der Waals surface area contributed by atoms with E-state index < -0.39 is 0 Å².